The van der Waals surface area contributed by atoms with Crippen molar-refractivity contribution in [2.24, 2.45) is 5.92 Å². The SMILES string of the molecule is CCCCOC(=O)CCCC(CCC)C(=O)O. The van der Waals surface area contributed by atoms with E-state index in [0.717, 1.165) is 19.3 Å². The zero-order valence-electron chi connectivity index (χ0n) is 10.9. The van der Waals surface area contributed by atoms with E-state index in [1.165, 1.54) is 0 Å². The predicted molar refractivity (Wildman–Crippen MR) is 65.8 cm³/mol. The molecule has 0 aromatic heterocycles. The quantitative estimate of drug-likeness (QED) is 0.474. The Labute approximate surface area is 103 Å². The number of rotatable bonds is 10. The van der Waals surface area contributed by atoms with Crippen LogP contribution < -0.4 is 0 Å². The van der Waals surface area contributed by atoms with Gasteiger partial charge in [0.15, 0.2) is 0 Å². The lowest BCUT2D eigenvalue weighted by Crippen LogP contribution is -2.14. The highest BCUT2D eigenvalue weighted by Crippen LogP contribution is 2.15. The Morgan fingerprint density at radius 3 is 2.35 bits per heavy atom. The Morgan fingerprint density at radius 1 is 1.12 bits per heavy atom. The summed E-state index contributed by atoms with van der Waals surface area (Å²) in [6.45, 7) is 4.48. The number of carbonyl (C=O) groups is 2. The molecule has 4 nitrogen and oxygen atoms in total. The number of aliphatic carboxylic acids is 1. The molecule has 17 heavy (non-hydrogen) atoms. The lowest BCUT2D eigenvalue weighted by Gasteiger charge is -2.10. The van der Waals surface area contributed by atoms with E-state index in [9.17, 15) is 9.59 Å². The number of unbranched alkanes of at least 4 members (excludes halogenated alkanes) is 1. The first-order valence-electron chi connectivity index (χ1n) is 6.50. The van der Waals surface area contributed by atoms with Crippen LogP contribution in [0.15, 0.2) is 0 Å². The predicted octanol–water partition coefficient (Wildman–Crippen LogP) is 3.00. The highest BCUT2D eigenvalue weighted by Gasteiger charge is 2.16. The third kappa shape index (κ3) is 8.72. The van der Waals surface area contributed by atoms with Gasteiger partial charge in [-0.1, -0.05) is 26.7 Å². The molecule has 0 fully saturated rings. The Morgan fingerprint density at radius 2 is 1.82 bits per heavy atom. The van der Waals surface area contributed by atoms with Gasteiger partial charge in [-0.3, -0.25) is 9.59 Å². The van der Waals surface area contributed by atoms with Gasteiger partial charge in [0.05, 0.1) is 12.5 Å². The summed E-state index contributed by atoms with van der Waals surface area (Å²) in [6, 6.07) is 0. The van der Waals surface area contributed by atoms with Crippen LogP contribution in [0.25, 0.3) is 0 Å². The summed E-state index contributed by atoms with van der Waals surface area (Å²) >= 11 is 0. The minimum atomic E-state index is -0.758. The summed E-state index contributed by atoms with van der Waals surface area (Å²) in [5, 5.41) is 8.93. The summed E-state index contributed by atoms with van der Waals surface area (Å²) in [6.07, 6.45) is 4.92. The molecule has 0 rings (SSSR count). The average molecular weight is 244 g/mol. The molecule has 0 saturated heterocycles. The molecule has 1 atom stereocenters. The van der Waals surface area contributed by atoms with E-state index in [4.69, 9.17) is 9.84 Å². The van der Waals surface area contributed by atoms with Crippen LogP contribution in [0.1, 0.15) is 58.8 Å². The van der Waals surface area contributed by atoms with Gasteiger partial charge in [0.1, 0.15) is 0 Å². The minimum absolute atomic E-state index is 0.209. The maximum Gasteiger partial charge on any atom is 0.306 e. The number of ether oxygens (including phenoxy) is 1. The molecule has 0 heterocycles. The molecule has 0 aliphatic rings. The van der Waals surface area contributed by atoms with Crippen LogP contribution in [0, 0.1) is 5.92 Å². The zero-order valence-corrected chi connectivity index (χ0v) is 10.9. The van der Waals surface area contributed by atoms with Crippen LogP contribution in [0.3, 0.4) is 0 Å². The highest BCUT2D eigenvalue weighted by molar-refractivity contribution is 5.71. The maximum absolute atomic E-state index is 11.3. The fourth-order valence-electron chi connectivity index (χ4n) is 1.64. The van der Waals surface area contributed by atoms with Gasteiger partial charge in [-0.25, -0.2) is 0 Å². The first-order valence-corrected chi connectivity index (χ1v) is 6.50. The largest absolute Gasteiger partial charge is 0.481 e. The van der Waals surface area contributed by atoms with Gasteiger partial charge < -0.3 is 9.84 Å². The van der Waals surface area contributed by atoms with Gasteiger partial charge in [0, 0.05) is 6.42 Å². The van der Waals surface area contributed by atoms with E-state index in [0.29, 0.717) is 32.3 Å². The molecule has 0 bridgehead atoms. The molecule has 0 aromatic rings. The molecule has 0 aromatic carbocycles. The van der Waals surface area contributed by atoms with Gasteiger partial charge >= 0.3 is 11.9 Å². The van der Waals surface area contributed by atoms with Gasteiger partial charge in [0.2, 0.25) is 0 Å². The normalized spacial score (nSPS) is 12.1. The van der Waals surface area contributed by atoms with Crippen LogP contribution >= 0.6 is 0 Å². The van der Waals surface area contributed by atoms with Gasteiger partial charge in [-0.15, -0.1) is 0 Å². The molecule has 0 amide bonds. The first-order chi connectivity index (χ1) is 8.11. The van der Waals surface area contributed by atoms with Crippen molar-refractivity contribution in [3.05, 3.63) is 0 Å². The molecule has 1 N–H and O–H groups in total. The monoisotopic (exact) mass is 244 g/mol. The minimum Gasteiger partial charge on any atom is -0.481 e. The Bertz CT molecular complexity index is 225. The molecular weight excluding hydrogens is 220 g/mol. The van der Waals surface area contributed by atoms with Crippen LogP contribution in [-0.2, 0) is 14.3 Å². The van der Waals surface area contributed by atoms with Crippen LogP contribution in [-0.4, -0.2) is 23.7 Å². The van der Waals surface area contributed by atoms with Crippen molar-refractivity contribution >= 4 is 11.9 Å². The molecule has 4 heteroatoms. The number of carboxylic acids is 1. The van der Waals surface area contributed by atoms with Gasteiger partial charge in [-0.2, -0.15) is 0 Å². The molecule has 100 valence electrons. The van der Waals surface area contributed by atoms with Gasteiger partial charge in [0.25, 0.3) is 0 Å². The molecule has 0 radical (unpaired) electrons. The van der Waals surface area contributed by atoms with Crippen molar-refractivity contribution in [2.45, 2.75) is 58.8 Å². The Kier molecular flexibility index (Phi) is 9.49. The van der Waals surface area contributed by atoms with E-state index in [-0.39, 0.29) is 11.9 Å². The molecule has 0 aliphatic carbocycles. The summed E-state index contributed by atoms with van der Waals surface area (Å²) in [5.41, 5.74) is 0. The standard InChI is InChI=1S/C13H24O4/c1-3-5-10-17-12(14)9-6-8-11(7-4-2)13(15)16/h11H,3-10H2,1-2H3,(H,15,16). The summed E-state index contributed by atoms with van der Waals surface area (Å²) in [5.74, 6) is -1.28. The third-order valence-corrected chi connectivity index (χ3v) is 2.68. The Balaban J connectivity index is 3.65. The van der Waals surface area contributed by atoms with E-state index >= 15 is 0 Å². The number of hydrogen-bond donors (Lipinski definition) is 1. The fraction of sp³-hybridized carbons (Fsp3) is 0.846. The van der Waals surface area contributed by atoms with Crippen molar-refractivity contribution in [3.8, 4) is 0 Å². The van der Waals surface area contributed by atoms with Crippen molar-refractivity contribution in [1.29, 1.82) is 0 Å². The lowest BCUT2D eigenvalue weighted by atomic mass is 9.97. The second-order valence-corrected chi connectivity index (χ2v) is 4.29. The lowest BCUT2D eigenvalue weighted by molar-refractivity contribution is -0.145. The topological polar surface area (TPSA) is 63.6 Å². The first kappa shape index (κ1) is 15.9. The van der Waals surface area contributed by atoms with E-state index in [1.54, 1.807) is 0 Å². The smallest absolute Gasteiger partial charge is 0.306 e. The Hall–Kier alpha value is -1.06. The molecule has 0 spiro atoms. The molecule has 0 aliphatic heterocycles. The van der Waals surface area contributed by atoms with Crippen LogP contribution in [0.5, 0.6) is 0 Å². The summed E-state index contributed by atoms with van der Waals surface area (Å²) < 4.78 is 5.00. The molecule has 0 saturated carbocycles. The van der Waals surface area contributed by atoms with Crippen LogP contribution in [0.2, 0.25) is 0 Å². The number of hydrogen-bond acceptors (Lipinski definition) is 3. The van der Waals surface area contributed by atoms with Gasteiger partial charge in [-0.05, 0) is 25.7 Å². The van der Waals surface area contributed by atoms with Crippen molar-refractivity contribution in [3.63, 3.8) is 0 Å². The highest BCUT2D eigenvalue weighted by atomic mass is 16.5. The van der Waals surface area contributed by atoms with Crippen LogP contribution in [0.4, 0.5) is 0 Å². The average Bonchev–Trinajstić information content (AvgIpc) is 2.28. The van der Waals surface area contributed by atoms with Crippen molar-refractivity contribution in [1.82, 2.24) is 0 Å². The van der Waals surface area contributed by atoms with Crippen molar-refractivity contribution < 1.29 is 19.4 Å². The third-order valence-electron chi connectivity index (χ3n) is 2.68. The van der Waals surface area contributed by atoms with E-state index in [2.05, 4.69) is 0 Å². The molecular formula is C13H24O4. The molecule has 1 unspecified atom stereocenters. The number of esters is 1. The maximum atomic E-state index is 11.3. The zero-order chi connectivity index (χ0) is 13.1. The van der Waals surface area contributed by atoms with Crippen molar-refractivity contribution in [2.75, 3.05) is 6.61 Å². The number of carbonyl (C=O) groups excluding carboxylic acids is 1. The fourth-order valence-corrected chi connectivity index (χ4v) is 1.64. The van der Waals surface area contributed by atoms with E-state index in [1.807, 2.05) is 13.8 Å². The number of carboxylic acid groups (broad SMARTS) is 1. The second kappa shape index (κ2) is 10.1. The summed E-state index contributed by atoms with van der Waals surface area (Å²) in [7, 11) is 0. The summed E-state index contributed by atoms with van der Waals surface area (Å²) in [4.78, 5) is 22.1. The van der Waals surface area contributed by atoms with E-state index < -0.39 is 5.97 Å². The second-order valence-electron chi connectivity index (χ2n) is 4.29.